The van der Waals surface area contributed by atoms with Gasteiger partial charge in [0.25, 0.3) is 0 Å². The van der Waals surface area contributed by atoms with Crippen LogP contribution in [-0.2, 0) is 0 Å². The van der Waals surface area contributed by atoms with E-state index in [1.54, 1.807) is 12.0 Å². The highest BCUT2D eigenvalue weighted by Gasteiger charge is 2.34. The molecule has 3 N–H and O–H groups in total. The SMILES string of the molecule is COc1ccc(NC(=O)N2CCC(C)(C(N)=S)CC2)cc1. The number of likely N-dealkylation sites (tertiary alicyclic amines) is 1. The number of thiocarbonyl (C=S) groups is 1. The van der Waals surface area contributed by atoms with Crippen molar-refractivity contribution in [2.24, 2.45) is 11.1 Å². The number of nitrogens with one attached hydrogen (secondary N) is 1. The van der Waals surface area contributed by atoms with E-state index in [2.05, 4.69) is 12.2 Å². The molecule has 5 nitrogen and oxygen atoms in total. The minimum absolute atomic E-state index is 0.0924. The quantitative estimate of drug-likeness (QED) is 0.842. The van der Waals surface area contributed by atoms with Gasteiger partial charge in [-0.05, 0) is 37.1 Å². The first kappa shape index (κ1) is 15.6. The molecule has 2 rings (SSSR count). The normalized spacial score (nSPS) is 17.1. The van der Waals surface area contributed by atoms with Crippen LogP contribution < -0.4 is 15.8 Å². The number of amides is 2. The van der Waals surface area contributed by atoms with Gasteiger partial charge in [-0.2, -0.15) is 0 Å². The maximum absolute atomic E-state index is 12.2. The van der Waals surface area contributed by atoms with Crippen molar-refractivity contribution in [1.82, 2.24) is 4.90 Å². The lowest BCUT2D eigenvalue weighted by Crippen LogP contribution is -2.47. The van der Waals surface area contributed by atoms with Gasteiger partial charge in [0.05, 0.1) is 12.1 Å². The number of rotatable bonds is 3. The van der Waals surface area contributed by atoms with E-state index in [4.69, 9.17) is 22.7 Å². The van der Waals surface area contributed by atoms with Crippen LogP contribution in [0.1, 0.15) is 19.8 Å². The van der Waals surface area contributed by atoms with Crippen LogP contribution in [0.5, 0.6) is 5.75 Å². The molecule has 0 spiro atoms. The minimum Gasteiger partial charge on any atom is -0.497 e. The molecule has 1 aliphatic heterocycles. The van der Waals surface area contributed by atoms with Gasteiger partial charge in [0.2, 0.25) is 0 Å². The predicted octanol–water partition coefficient (Wildman–Crippen LogP) is 2.62. The molecule has 0 radical (unpaired) electrons. The summed E-state index contributed by atoms with van der Waals surface area (Å²) in [6, 6.07) is 7.18. The second-order valence-electron chi connectivity index (χ2n) is 5.57. The van der Waals surface area contributed by atoms with Gasteiger partial charge < -0.3 is 20.7 Å². The molecule has 1 aromatic carbocycles. The number of urea groups is 1. The van der Waals surface area contributed by atoms with Crippen molar-refractivity contribution in [2.45, 2.75) is 19.8 Å². The number of methoxy groups -OCH3 is 1. The number of benzene rings is 1. The van der Waals surface area contributed by atoms with Gasteiger partial charge in [-0.15, -0.1) is 0 Å². The third-order valence-corrected chi connectivity index (χ3v) is 4.58. The Bertz CT molecular complexity index is 522. The van der Waals surface area contributed by atoms with Crippen molar-refractivity contribution in [2.75, 3.05) is 25.5 Å². The summed E-state index contributed by atoms with van der Waals surface area (Å²) >= 11 is 5.11. The molecule has 1 aliphatic rings. The Balaban J connectivity index is 1.91. The van der Waals surface area contributed by atoms with E-state index in [9.17, 15) is 4.79 Å². The second-order valence-corrected chi connectivity index (χ2v) is 6.01. The first-order valence-electron chi connectivity index (χ1n) is 6.94. The maximum Gasteiger partial charge on any atom is 0.321 e. The third-order valence-electron chi connectivity index (χ3n) is 4.09. The van der Waals surface area contributed by atoms with Crippen molar-refractivity contribution in [3.05, 3.63) is 24.3 Å². The van der Waals surface area contributed by atoms with Crippen molar-refractivity contribution in [3.63, 3.8) is 0 Å². The average Bonchev–Trinajstić information content (AvgIpc) is 2.48. The standard InChI is InChI=1S/C15H21N3O2S/c1-15(13(16)21)7-9-18(10-8-15)14(19)17-11-3-5-12(20-2)6-4-11/h3-6H,7-10H2,1-2H3,(H2,16,21)(H,17,19). The molecule has 0 unspecified atom stereocenters. The number of piperidine rings is 1. The highest BCUT2D eigenvalue weighted by Crippen LogP contribution is 2.31. The molecule has 0 bridgehead atoms. The lowest BCUT2D eigenvalue weighted by atomic mass is 9.80. The highest BCUT2D eigenvalue weighted by molar-refractivity contribution is 7.80. The lowest BCUT2D eigenvalue weighted by molar-refractivity contribution is 0.171. The van der Waals surface area contributed by atoms with Crippen molar-refractivity contribution in [3.8, 4) is 5.75 Å². The van der Waals surface area contributed by atoms with Crippen LogP contribution in [0, 0.1) is 5.41 Å². The van der Waals surface area contributed by atoms with E-state index in [1.807, 2.05) is 24.3 Å². The molecule has 1 saturated heterocycles. The number of ether oxygens (including phenoxy) is 1. The highest BCUT2D eigenvalue weighted by atomic mass is 32.1. The number of carbonyl (C=O) groups is 1. The first-order chi connectivity index (χ1) is 9.94. The smallest absolute Gasteiger partial charge is 0.321 e. The number of nitrogens with zero attached hydrogens (tertiary/aromatic N) is 1. The minimum atomic E-state index is -0.133. The molecule has 2 amide bonds. The summed E-state index contributed by atoms with van der Waals surface area (Å²) in [7, 11) is 1.61. The zero-order valence-corrected chi connectivity index (χ0v) is 13.2. The predicted molar refractivity (Wildman–Crippen MR) is 87.7 cm³/mol. The Kier molecular flexibility index (Phi) is 4.67. The van der Waals surface area contributed by atoms with Gasteiger partial charge in [-0.25, -0.2) is 4.79 Å². The Morgan fingerprint density at radius 3 is 2.38 bits per heavy atom. The van der Waals surface area contributed by atoms with E-state index in [-0.39, 0.29) is 11.4 Å². The van der Waals surface area contributed by atoms with Crippen LogP contribution in [0.4, 0.5) is 10.5 Å². The third kappa shape index (κ3) is 3.64. The summed E-state index contributed by atoms with van der Waals surface area (Å²) in [4.78, 5) is 14.6. The topological polar surface area (TPSA) is 67.6 Å². The molecule has 114 valence electrons. The van der Waals surface area contributed by atoms with Crippen molar-refractivity contribution >= 4 is 28.9 Å². The second kappa shape index (κ2) is 6.30. The molecule has 0 aromatic heterocycles. The molecular formula is C15H21N3O2S. The molecule has 1 aromatic rings. The van der Waals surface area contributed by atoms with E-state index in [0.717, 1.165) is 24.3 Å². The van der Waals surface area contributed by atoms with Crippen LogP contribution in [0.3, 0.4) is 0 Å². The van der Waals surface area contributed by atoms with E-state index >= 15 is 0 Å². The average molecular weight is 307 g/mol. The molecule has 1 heterocycles. The fourth-order valence-electron chi connectivity index (χ4n) is 2.33. The van der Waals surface area contributed by atoms with Crippen molar-refractivity contribution < 1.29 is 9.53 Å². The van der Waals surface area contributed by atoms with E-state index in [0.29, 0.717) is 18.1 Å². The van der Waals surface area contributed by atoms with Crippen LogP contribution in [-0.4, -0.2) is 36.1 Å². The largest absolute Gasteiger partial charge is 0.497 e. The summed E-state index contributed by atoms with van der Waals surface area (Å²) in [5.74, 6) is 0.762. The molecule has 6 heteroatoms. The maximum atomic E-state index is 12.2. The Morgan fingerprint density at radius 1 is 1.33 bits per heavy atom. The summed E-state index contributed by atoms with van der Waals surface area (Å²) < 4.78 is 5.09. The van der Waals surface area contributed by atoms with Crippen molar-refractivity contribution in [1.29, 1.82) is 0 Å². The number of hydrogen-bond donors (Lipinski definition) is 2. The van der Waals surface area contributed by atoms with Gasteiger partial charge in [-0.3, -0.25) is 0 Å². The molecular weight excluding hydrogens is 286 g/mol. The lowest BCUT2D eigenvalue weighted by Gasteiger charge is -2.38. The number of nitrogens with two attached hydrogens (primary N) is 1. The molecule has 0 atom stereocenters. The Morgan fingerprint density at radius 2 is 1.90 bits per heavy atom. The molecule has 21 heavy (non-hydrogen) atoms. The van der Waals surface area contributed by atoms with Gasteiger partial charge in [0, 0.05) is 24.2 Å². The fraction of sp³-hybridized carbons (Fsp3) is 0.467. The first-order valence-corrected chi connectivity index (χ1v) is 7.35. The summed E-state index contributed by atoms with van der Waals surface area (Å²) in [6.07, 6.45) is 1.61. The van der Waals surface area contributed by atoms with Gasteiger partial charge in [0.1, 0.15) is 5.75 Å². The molecule has 0 saturated carbocycles. The van der Waals surface area contributed by atoms with Gasteiger partial charge in [0.15, 0.2) is 0 Å². The van der Waals surface area contributed by atoms with Gasteiger partial charge >= 0.3 is 6.03 Å². The Hall–Kier alpha value is -1.82. The van der Waals surface area contributed by atoms with Crippen LogP contribution in [0.2, 0.25) is 0 Å². The van der Waals surface area contributed by atoms with Crippen LogP contribution in [0.25, 0.3) is 0 Å². The number of anilines is 1. The number of carbonyl (C=O) groups excluding carboxylic acids is 1. The zero-order valence-electron chi connectivity index (χ0n) is 12.4. The van der Waals surface area contributed by atoms with Crippen LogP contribution >= 0.6 is 12.2 Å². The fourth-order valence-corrected chi connectivity index (χ4v) is 2.53. The van der Waals surface area contributed by atoms with E-state index in [1.165, 1.54) is 0 Å². The van der Waals surface area contributed by atoms with Gasteiger partial charge in [-0.1, -0.05) is 19.1 Å². The molecule has 0 aliphatic carbocycles. The van der Waals surface area contributed by atoms with E-state index < -0.39 is 0 Å². The summed E-state index contributed by atoms with van der Waals surface area (Å²) in [6.45, 7) is 3.39. The summed E-state index contributed by atoms with van der Waals surface area (Å²) in [5, 5.41) is 2.89. The molecule has 1 fully saturated rings. The number of hydrogen-bond acceptors (Lipinski definition) is 3. The Labute approximate surface area is 130 Å². The summed E-state index contributed by atoms with van der Waals surface area (Å²) in [5.41, 5.74) is 6.39. The van der Waals surface area contributed by atoms with Crippen LogP contribution in [0.15, 0.2) is 24.3 Å². The zero-order chi connectivity index (χ0) is 15.5. The monoisotopic (exact) mass is 307 g/mol.